The fourth-order valence-corrected chi connectivity index (χ4v) is 2.04. The first-order chi connectivity index (χ1) is 11.2. The summed E-state index contributed by atoms with van der Waals surface area (Å²) in [7, 11) is 3.22. The minimum absolute atomic E-state index is 0.177. The number of carbonyl (C=O) groups is 1. The zero-order valence-corrected chi connectivity index (χ0v) is 13.4. The summed E-state index contributed by atoms with van der Waals surface area (Å²) in [6, 6.07) is 10.8. The number of pyridine rings is 1. The van der Waals surface area contributed by atoms with Crippen molar-refractivity contribution in [2.45, 2.75) is 6.54 Å². The molecular weight excluding hydrogens is 294 g/mol. The van der Waals surface area contributed by atoms with E-state index in [1.54, 1.807) is 55.8 Å². The number of methoxy groups -OCH3 is 2. The van der Waals surface area contributed by atoms with Crippen molar-refractivity contribution < 1.29 is 14.3 Å². The van der Waals surface area contributed by atoms with Crippen molar-refractivity contribution in [3.8, 4) is 5.75 Å². The molecule has 0 aliphatic rings. The highest BCUT2D eigenvalue weighted by atomic mass is 16.5. The van der Waals surface area contributed by atoms with Crippen LogP contribution in [-0.4, -0.2) is 43.3 Å². The summed E-state index contributed by atoms with van der Waals surface area (Å²) in [5, 5.41) is 2.88. The van der Waals surface area contributed by atoms with Crippen molar-refractivity contribution in [1.82, 2.24) is 9.88 Å². The first kappa shape index (κ1) is 16.8. The van der Waals surface area contributed by atoms with E-state index in [1.807, 2.05) is 12.1 Å². The molecule has 0 aliphatic heterocycles. The SMILES string of the molecule is COCCN(Cc1ccncc1)C(=O)Nc1ccc(OC)cc1. The number of hydrogen-bond acceptors (Lipinski definition) is 4. The number of urea groups is 1. The molecule has 1 N–H and O–H groups in total. The van der Waals surface area contributed by atoms with Gasteiger partial charge in [0.1, 0.15) is 5.75 Å². The number of amides is 2. The van der Waals surface area contributed by atoms with Crippen molar-refractivity contribution >= 4 is 11.7 Å². The lowest BCUT2D eigenvalue weighted by Gasteiger charge is -2.23. The van der Waals surface area contributed by atoms with Gasteiger partial charge in [0.25, 0.3) is 0 Å². The van der Waals surface area contributed by atoms with Crippen LogP contribution in [-0.2, 0) is 11.3 Å². The number of anilines is 1. The number of ether oxygens (including phenoxy) is 2. The number of hydrogen-bond donors (Lipinski definition) is 1. The summed E-state index contributed by atoms with van der Waals surface area (Å²) >= 11 is 0. The minimum Gasteiger partial charge on any atom is -0.497 e. The maximum Gasteiger partial charge on any atom is 0.322 e. The fraction of sp³-hybridized carbons (Fsp3) is 0.294. The van der Waals surface area contributed by atoms with Crippen LogP contribution in [0.5, 0.6) is 5.75 Å². The van der Waals surface area contributed by atoms with E-state index in [9.17, 15) is 4.79 Å². The van der Waals surface area contributed by atoms with E-state index in [0.29, 0.717) is 25.4 Å². The van der Waals surface area contributed by atoms with Crippen LogP contribution in [0.1, 0.15) is 5.56 Å². The topological polar surface area (TPSA) is 63.7 Å². The molecule has 0 fully saturated rings. The van der Waals surface area contributed by atoms with Gasteiger partial charge in [-0.3, -0.25) is 4.98 Å². The third-order valence-corrected chi connectivity index (χ3v) is 3.32. The molecule has 0 atom stereocenters. The number of aromatic nitrogens is 1. The van der Waals surface area contributed by atoms with E-state index in [4.69, 9.17) is 9.47 Å². The smallest absolute Gasteiger partial charge is 0.322 e. The molecule has 0 saturated heterocycles. The van der Waals surface area contributed by atoms with Gasteiger partial charge in [0.15, 0.2) is 0 Å². The highest BCUT2D eigenvalue weighted by Gasteiger charge is 2.14. The maximum absolute atomic E-state index is 12.5. The highest BCUT2D eigenvalue weighted by molar-refractivity contribution is 5.89. The van der Waals surface area contributed by atoms with Gasteiger partial charge in [0.05, 0.1) is 13.7 Å². The summed E-state index contributed by atoms with van der Waals surface area (Å²) in [6.45, 7) is 1.47. The van der Waals surface area contributed by atoms with Gasteiger partial charge in [-0.1, -0.05) is 0 Å². The van der Waals surface area contributed by atoms with Gasteiger partial charge in [-0.15, -0.1) is 0 Å². The Hall–Kier alpha value is -2.60. The van der Waals surface area contributed by atoms with Crippen LogP contribution < -0.4 is 10.1 Å². The summed E-state index contributed by atoms with van der Waals surface area (Å²) in [5.41, 5.74) is 1.73. The summed E-state index contributed by atoms with van der Waals surface area (Å²) in [4.78, 5) is 18.2. The van der Waals surface area contributed by atoms with Crippen molar-refractivity contribution in [2.24, 2.45) is 0 Å². The predicted molar refractivity (Wildman–Crippen MR) is 88.5 cm³/mol. The number of nitrogens with zero attached hydrogens (tertiary/aromatic N) is 2. The number of rotatable bonds is 7. The summed E-state index contributed by atoms with van der Waals surface area (Å²) < 4.78 is 10.2. The summed E-state index contributed by atoms with van der Waals surface area (Å²) in [6.07, 6.45) is 3.43. The first-order valence-electron chi connectivity index (χ1n) is 7.30. The van der Waals surface area contributed by atoms with E-state index in [-0.39, 0.29) is 6.03 Å². The van der Waals surface area contributed by atoms with Crippen LogP contribution >= 0.6 is 0 Å². The molecule has 0 radical (unpaired) electrons. The molecular formula is C17H21N3O3. The van der Waals surface area contributed by atoms with Gasteiger partial charge in [-0.05, 0) is 42.0 Å². The molecule has 0 aliphatic carbocycles. The Kier molecular flexibility index (Phi) is 6.38. The fourth-order valence-electron chi connectivity index (χ4n) is 2.04. The Labute approximate surface area is 136 Å². The Bertz CT molecular complexity index is 602. The van der Waals surface area contributed by atoms with Crippen molar-refractivity contribution in [3.63, 3.8) is 0 Å². The minimum atomic E-state index is -0.177. The third kappa shape index (κ3) is 5.27. The Balaban J connectivity index is 2.02. The van der Waals surface area contributed by atoms with Crippen LogP contribution in [0.3, 0.4) is 0 Å². The quantitative estimate of drug-likeness (QED) is 0.853. The molecule has 6 nitrogen and oxygen atoms in total. The van der Waals surface area contributed by atoms with E-state index < -0.39 is 0 Å². The first-order valence-corrected chi connectivity index (χ1v) is 7.30. The molecule has 0 unspecified atom stereocenters. The van der Waals surface area contributed by atoms with Crippen LogP contribution in [0.25, 0.3) is 0 Å². The van der Waals surface area contributed by atoms with Crippen LogP contribution in [0.15, 0.2) is 48.8 Å². The van der Waals surface area contributed by atoms with Gasteiger partial charge in [-0.25, -0.2) is 4.79 Å². The maximum atomic E-state index is 12.5. The Morgan fingerprint density at radius 3 is 2.43 bits per heavy atom. The largest absolute Gasteiger partial charge is 0.497 e. The molecule has 0 spiro atoms. The molecule has 0 saturated carbocycles. The monoisotopic (exact) mass is 315 g/mol. The van der Waals surface area contributed by atoms with Gasteiger partial charge in [0.2, 0.25) is 0 Å². The molecule has 23 heavy (non-hydrogen) atoms. The van der Waals surface area contributed by atoms with Crippen molar-refractivity contribution in [2.75, 3.05) is 32.7 Å². The number of benzene rings is 1. The predicted octanol–water partition coefficient (Wildman–Crippen LogP) is 2.77. The molecule has 1 aromatic carbocycles. The zero-order chi connectivity index (χ0) is 16.5. The second-order valence-electron chi connectivity index (χ2n) is 4.93. The van der Waals surface area contributed by atoms with E-state index in [0.717, 1.165) is 11.3 Å². The second kappa shape index (κ2) is 8.75. The van der Waals surface area contributed by atoms with Crippen molar-refractivity contribution in [1.29, 1.82) is 0 Å². The van der Waals surface area contributed by atoms with Crippen LogP contribution in [0.4, 0.5) is 10.5 Å². The van der Waals surface area contributed by atoms with Crippen LogP contribution in [0, 0.1) is 0 Å². The van der Waals surface area contributed by atoms with Crippen molar-refractivity contribution in [3.05, 3.63) is 54.4 Å². The van der Waals surface area contributed by atoms with Gasteiger partial charge >= 0.3 is 6.03 Å². The third-order valence-electron chi connectivity index (χ3n) is 3.32. The summed E-state index contributed by atoms with van der Waals surface area (Å²) in [5.74, 6) is 0.746. The average molecular weight is 315 g/mol. The zero-order valence-electron chi connectivity index (χ0n) is 13.4. The molecule has 0 bridgehead atoms. The highest BCUT2D eigenvalue weighted by Crippen LogP contribution is 2.16. The molecule has 1 heterocycles. The van der Waals surface area contributed by atoms with E-state index in [2.05, 4.69) is 10.3 Å². The van der Waals surface area contributed by atoms with E-state index >= 15 is 0 Å². The number of carbonyl (C=O) groups excluding carboxylic acids is 1. The molecule has 1 aromatic heterocycles. The molecule has 6 heteroatoms. The lowest BCUT2D eigenvalue weighted by atomic mass is 10.2. The Morgan fingerprint density at radius 2 is 1.83 bits per heavy atom. The van der Waals surface area contributed by atoms with Gasteiger partial charge < -0.3 is 19.7 Å². The average Bonchev–Trinajstić information content (AvgIpc) is 2.60. The molecule has 2 amide bonds. The van der Waals surface area contributed by atoms with Gasteiger partial charge in [0, 0.05) is 38.3 Å². The normalized spacial score (nSPS) is 10.2. The molecule has 2 aromatic rings. The lowest BCUT2D eigenvalue weighted by molar-refractivity contribution is 0.153. The molecule has 2 rings (SSSR count). The lowest BCUT2D eigenvalue weighted by Crippen LogP contribution is -2.36. The molecule has 122 valence electrons. The van der Waals surface area contributed by atoms with Crippen LogP contribution in [0.2, 0.25) is 0 Å². The number of nitrogens with one attached hydrogen (secondary N) is 1. The second-order valence-corrected chi connectivity index (χ2v) is 4.93. The Morgan fingerprint density at radius 1 is 1.13 bits per heavy atom. The van der Waals surface area contributed by atoms with Gasteiger partial charge in [-0.2, -0.15) is 0 Å². The van der Waals surface area contributed by atoms with E-state index in [1.165, 1.54) is 0 Å². The standard InChI is InChI=1S/C17H21N3O3/c1-22-12-11-20(13-14-7-9-18-10-8-14)17(21)19-15-3-5-16(23-2)6-4-15/h3-10H,11-13H2,1-2H3,(H,19,21).